The molecule has 0 saturated heterocycles. The number of hydrogen-bond donors (Lipinski definition) is 4. The van der Waals surface area contributed by atoms with Gasteiger partial charge in [-0.3, -0.25) is 28.8 Å². The maximum atomic E-state index is 13.5. The zero-order valence-electron chi connectivity index (χ0n) is 29.8. The van der Waals surface area contributed by atoms with Gasteiger partial charge < -0.3 is 35.4 Å². The molecule has 4 rings (SSSR count). The van der Waals surface area contributed by atoms with Crippen molar-refractivity contribution in [2.24, 2.45) is 5.92 Å². The summed E-state index contributed by atoms with van der Waals surface area (Å²) in [7, 11) is 1.49. The van der Waals surface area contributed by atoms with Crippen LogP contribution in [-0.4, -0.2) is 98.5 Å². The highest BCUT2D eigenvalue weighted by Gasteiger charge is 2.30. The number of amides is 4. The maximum Gasteiger partial charge on any atom is 0.252 e. The first kappa shape index (κ1) is 38.7. The van der Waals surface area contributed by atoms with Crippen molar-refractivity contribution < 1.29 is 33.8 Å². The molecule has 4 bridgehead atoms. The molecule has 0 unspecified atom stereocenters. The summed E-state index contributed by atoms with van der Waals surface area (Å²) in [6, 6.07) is 6.25. The van der Waals surface area contributed by atoms with Crippen LogP contribution >= 0.6 is 0 Å². The van der Waals surface area contributed by atoms with E-state index in [0.717, 1.165) is 5.56 Å². The first-order chi connectivity index (χ1) is 24.5. The molecule has 3 atom stereocenters. The standard InChI is InChI=1S/C36H50N8O7/c1-24(2)19-29-35(48)40-33(25(3)45)36(49)38-15-5-6-16-43(32(46)13-10-26-9-7-14-37-21-26)17-8-18-44-22-28(41-42-44)23-51-31-20-27(34(47)39-29)11-12-30(31)50-4/h7,9,11-12,14,20-22,24-25,29,33,45H,5-6,8,10,13,15-19,23H2,1-4H3,(H,38,49)(H,39,47)(H,40,48)/t25-,29-,33+/m1/s1. The second kappa shape index (κ2) is 19.4. The van der Waals surface area contributed by atoms with Gasteiger partial charge in [0.25, 0.3) is 5.91 Å². The Balaban J connectivity index is 1.54. The van der Waals surface area contributed by atoms with Crippen LogP contribution < -0.4 is 25.4 Å². The molecule has 0 saturated carbocycles. The lowest BCUT2D eigenvalue weighted by molar-refractivity contribution is -0.132. The Bertz CT molecular complexity index is 1600. The van der Waals surface area contributed by atoms with Crippen molar-refractivity contribution in [2.75, 3.05) is 26.7 Å². The second-order valence-corrected chi connectivity index (χ2v) is 13.1. The molecule has 1 aliphatic rings. The Hall–Kier alpha value is -5.05. The van der Waals surface area contributed by atoms with Crippen LogP contribution in [0.2, 0.25) is 0 Å². The number of aryl methyl sites for hydroxylation is 2. The summed E-state index contributed by atoms with van der Waals surface area (Å²) in [6.45, 7) is 7.11. The molecule has 3 aromatic rings. The van der Waals surface area contributed by atoms with Crippen molar-refractivity contribution in [2.45, 2.75) is 90.6 Å². The molecule has 1 aliphatic heterocycles. The van der Waals surface area contributed by atoms with Crippen LogP contribution in [0.4, 0.5) is 0 Å². The molecular formula is C36H50N8O7. The van der Waals surface area contributed by atoms with E-state index in [1.54, 1.807) is 35.4 Å². The lowest BCUT2D eigenvalue weighted by Crippen LogP contribution is -2.57. The van der Waals surface area contributed by atoms with E-state index in [1.165, 1.54) is 20.1 Å². The molecule has 15 nitrogen and oxygen atoms in total. The van der Waals surface area contributed by atoms with Crippen LogP contribution in [0.25, 0.3) is 0 Å². The van der Waals surface area contributed by atoms with Crippen LogP contribution in [0.5, 0.6) is 11.5 Å². The summed E-state index contributed by atoms with van der Waals surface area (Å²) in [5, 5.41) is 27.1. The van der Waals surface area contributed by atoms with Crippen molar-refractivity contribution in [3.05, 3.63) is 65.7 Å². The summed E-state index contributed by atoms with van der Waals surface area (Å²) in [5.74, 6) is -0.922. The molecule has 51 heavy (non-hydrogen) atoms. The fraction of sp³-hybridized carbons (Fsp3) is 0.528. The Morgan fingerprint density at radius 3 is 2.59 bits per heavy atom. The molecule has 0 aliphatic carbocycles. The van der Waals surface area contributed by atoms with Gasteiger partial charge in [0, 0.05) is 50.6 Å². The monoisotopic (exact) mass is 706 g/mol. The third kappa shape index (κ3) is 12.1. The van der Waals surface area contributed by atoms with Gasteiger partial charge in [-0.2, -0.15) is 0 Å². The van der Waals surface area contributed by atoms with Crippen molar-refractivity contribution in [3.8, 4) is 11.5 Å². The van der Waals surface area contributed by atoms with Gasteiger partial charge in [-0.1, -0.05) is 25.1 Å². The fourth-order valence-electron chi connectivity index (χ4n) is 5.69. The van der Waals surface area contributed by atoms with Gasteiger partial charge in [-0.25, -0.2) is 0 Å². The minimum absolute atomic E-state index is 0.0214. The summed E-state index contributed by atoms with van der Waals surface area (Å²) < 4.78 is 13.1. The van der Waals surface area contributed by atoms with Gasteiger partial charge in [0.2, 0.25) is 17.7 Å². The van der Waals surface area contributed by atoms with E-state index in [4.69, 9.17) is 9.47 Å². The number of hydrogen-bond acceptors (Lipinski definition) is 10. The Labute approximate surface area is 298 Å². The molecule has 276 valence electrons. The minimum atomic E-state index is -1.24. The summed E-state index contributed by atoms with van der Waals surface area (Å²) >= 11 is 0. The molecule has 0 spiro atoms. The van der Waals surface area contributed by atoms with Gasteiger partial charge in [0.05, 0.1) is 19.4 Å². The number of nitrogens with one attached hydrogen (secondary N) is 3. The molecule has 15 heteroatoms. The largest absolute Gasteiger partial charge is 0.493 e. The number of ether oxygens (including phenoxy) is 2. The molecule has 4 amide bonds. The first-order valence-corrected chi connectivity index (χ1v) is 17.5. The van der Waals surface area contributed by atoms with Crippen LogP contribution in [0.1, 0.15) is 74.5 Å². The van der Waals surface area contributed by atoms with Gasteiger partial charge in [-0.15, -0.1) is 5.10 Å². The first-order valence-electron chi connectivity index (χ1n) is 17.5. The van der Waals surface area contributed by atoms with E-state index >= 15 is 0 Å². The van der Waals surface area contributed by atoms with Gasteiger partial charge in [0.15, 0.2) is 11.5 Å². The lowest BCUT2D eigenvalue weighted by Gasteiger charge is -2.26. The Morgan fingerprint density at radius 2 is 1.86 bits per heavy atom. The van der Waals surface area contributed by atoms with Crippen LogP contribution in [-0.2, 0) is 34.0 Å². The smallest absolute Gasteiger partial charge is 0.252 e. The molecule has 0 radical (unpaired) electrons. The quantitative estimate of drug-likeness (QED) is 0.283. The SMILES string of the molecule is COc1ccc2cc1OCc1cn(nn1)CCCN(C(=O)CCc1cccnc1)CCCCNC(=O)[C@H]([C@@H](C)O)NC(=O)[C@@H](CC(C)C)NC2=O. The van der Waals surface area contributed by atoms with E-state index < -0.39 is 35.9 Å². The maximum absolute atomic E-state index is 13.5. The third-order valence-corrected chi connectivity index (χ3v) is 8.45. The summed E-state index contributed by atoms with van der Waals surface area (Å²) in [5.41, 5.74) is 1.78. The van der Waals surface area contributed by atoms with E-state index in [1.807, 2.05) is 30.9 Å². The number of methoxy groups -OCH3 is 1. The molecule has 0 fully saturated rings. The predicted molar refractivity (Wildman–Crippen MR) is 188 cm³/mol. The van der Waals surface area contributed by atoms with Gasteiger partial charge in [-0.05, 0) is 74.8 Å². The Kier molecular flexibility index (Phi) is 14.7. The number of aliphatic hydroxyl groups is 1. The number of pyridine rings is 1. The van der Waals surface area contributed by atoms with E-state index in [9.17, 15) is 24.3 Å². The molecule has 2 aromatic heterocycles. The number of rotatable bonds is 7. The normalized spacial score (nSPS) is 19.2. The van der Waals surface area contributed by atoms with Crippen molar-refractivity contribution in [3.63, 3.8) is 0 Å². The number of aromatic nitrogens is 4. The molecular weight excluding hydrogens is 656 g/mol. The van der Waals surface area contributed by atoms with Gasteiger partial charge >= 0.3 is 0 Å². The number of benzene rings is 1. The highest BCUT2D eigenvalue weighted by Crippen LogP contribution is 2.29. The van der Waals surface area contributed by atoms with Crippen LogP contribution in [0.3, 0.4) is 0 Å². The molecule has 4 N–H and O–H groups in total. The number of carbonyl (C=O) groups excluding carboxylic acids is 4. The minimum Gasteiger partial charge on any atom is -0.493 e. The van der Waals surface area contributed by atoms with E-state index in [2.05, 4.69) is 31.2 Å². The average Bonchev–Trinajstić information content (AvgIpc) is 3.57. The predicted octanol–water partition coefficient (Wildman–Crippen LogP) is 2.03. The highest BCUT2D eigenvalue weighted by atomic mass is 16.5. The fourth-order valence-corrected chi connectivity index (χ4v) is 5.69. The number of carbonyl (C=O) groups is 4. The summed E-state index contributed by atoms with van der Waals surface area (Å²) in [6.07, 6.45) is 7.07. The lowest BCUT2D eigenvalue weighted by atomic mass is 10.0. The number of fused-ring (bicyclic) bond motifs is 4. The third-order valence-electron chi connectivity index (χ3n) is 8.45. The molecule has 3 heterocycles. The highest BCUT2D eigenvalue weighted by molar-refractivity contribution is 5.99. The summed E-state index contributed by atoms with van der Waals surface area (Å²) in [4.78, 5) is 59.3. The van der Waals surface area contributed by atoms with Crippen molar-refractivity contribution in [1.29, 1.82) is 0 Å². The van der Waals surface area contributed by atoms with Gasteiger partial charge in [0.1, 0.15) is 24.4 Å². The van der Waals surface area contributed by atoms with Crippen molar-refractivity contribution in [1.82, 2.24) is 40.8 Å². The Morgan fingerprint density at radius 1 is 1.06 bits per heavy atom. The van der Waals surface area contributed by atoms with Crippen molar-refractivity contribution >= 4 is 23.6 Å². The number of nitrogens with zero attached hydrogens (tertiary/aromatic N) is 5. The zero-order chi connectivity index (χ0) is 36.8. The average molecular weight is 707 g/mol. The van der Waals surface area contributed by atoms with Crippen LogP contribution in [0, 0.1) is 5.92 Å². The zero-order valence-corrected chi connectivity index (χ0v) is 29.8. The van der Waals surface area contributed by atoms with Crippen LogP contribution in [0.15, 0.2) is 48.9 Å². The molecule has 1 aromatic carbocycles. The topological polar surface area (TPSA) is 190 Å². The number of aliphatic hydroxyl groups excluding tert-OH is 1. The second-order valence-electron chi connectivity index (χ2n) is 13.1. The van der Waals surface area contributed by atoms with E-state index in [0.29, 0.717) is 75.4 Å². The van der Waals surface area contributed by atoms with E-state index in [-0.39, 0.29) is 30.5 Å².